The van der Waals surface area contributed by atoms with E-state index >= 15 is 0 Å². The summed E-state index contributed by atoms with van der Waals surface area (Å²) in [7, 11) is 0. The average molecular weight is 751 g/mol. The molecule has 0 aliphatic heterocycles. The van der Waals surface area contributed by atoms with Gasteiger partial charge in [0.2, 0.25) is 0 Å². The zero-order chi connectivity index (χ0) is 39.4. The number of rotatable bonds is 37. The van der Waals surface area contributed by atoms with Gasteiger partial charge in [-0.1, -0.05) is 151 Å². The number of carbonyl (C=O) groups is 3. The first-order chi connectivity index (χ1) is 26.5. The molecule has 0 radical (unpaired) electrons. The Hall–Kier alpha value is -3.41. The molecule has 0 bridgehead atoms. The molecular formula is C48H78O6. The highest BCUT2D eigenvalue weighted by Gasteiger charge is 2.19. The van der Waals surface area contributed by atoms with Crippen LogP contribution in [0.5, 0.6) is 0 Å². The first kappa shape index (κ1) is 50.6. The fourth-order valence-electron chi connectivity index (χ4n) is 5.41. The average Bonchev–Trinajstić information content (AvgIpc) is 3.17. The second-order valence-electron chi connectivity index (χ2n) is 13.9. The summed E-state index contributed by atoms with van der Waals surface area (Å²) in [6.45, 7) is 6.25. The maximum absolute atomic E-state index is 12.7. The summed E-state index contributed by atoms with van der Waals surface area (Å²) in [5.74, 6) is -0.996. The summed E-state index contributed by atoms with van der Waals surface area (Å²) >= 11 is 0. The van der Waals surface area contributed by atoms with Crippen LogP contribution in [0.3, 0.4) is 0 Å². The standard InChI is InChI=1S/C48H78O6/c1-4-7-10-13-16-19-21-22-23-24-25-27-29-32-35-38-41-47(50)53-44-45(43-52-46(49)40-37-34-31-28-18-15-12-9-6-3)54-48(51)42-39-36-33-30-26-20-17-14-11-8-5-2/h7,9-10,12,14,16-20,22-23,26,28,45H,4-6,8,11,13,15,21,24-25,27,29-44H2,1-3H3/b10-7-,12-9-,17-14-,19-16-,23-22-,26-20-,28-18-. The number of carbonyl (C=O) groups excluding carboxylic acids is 3. The van der Waals surface area contributed by atoms with E-state index in [9.17, 15) is 14.4 Å². The van der Waals surface area contributed by atoms with Gasteiger partial charge in [-0.2, -0.15) is 0 Å². The van der Waals surface area contributed by atoms with Gasteiger partial charge < -0.3 is 14.2 Å². The number of allylic oxidation sites excluding steroid dienone is 14. The van der Waals surface area contributed by atoms with Gasteiger partial charge in [-0.3, -0.25) is 14.4 Å². The maximum atomic E-state index is 12.7. The highest BCUT2D eigenvalue weighted by molar-refractivity contribution is 5.71. The monoisotopic (exact) mass is 751 g/mol. The van der Waals surface area contributed by atoms with Crippen LogP contribution in [0.2, 0.25) is 0 Å². The molecule has 306 valence electrons. The van der Waals surface area contributed by atoms with Crippen molar-refractivity contribution in [1.82, 2.24) is 0 Å². The summed E-state index contributed by atoms with van der Waals surface area (Å²) in [6, 6.07) is 0. The molecular weight excluding hydrogens is 673 g/mol. The lowest BCUT2D eigenvalue weighted by atomic mass is 10.1. The number of esters is 3. The molecule has 0 aliphatic rings. The molecule has 0 fully saturated rings. The topological polar surface area (TPSA) is 78.9 Å². The molecule has 0 rings (SSSR count). The van der Waals surface area contributed by atoms with Gasteiger partial charge in [0.1, 0.15) is 13.2 Å². The summed E-state index contributed by atoms with van der Waals surface area (Å²) in [6.07, 6.45) is 52.9. The van der Waals surface area contributed by atoms with Crippen molar-refractivity contribution in [3.05, 3.63) is 85.1 Å². The van der Waals surface area contributed by atoms with Gasteiger partial charge in [-0.15, -0.1) is 0 Å². The highest BCUT2D eigenvalue weighted by Crippen LogP contribution is 2.12. The van der Waals surface area contributed by atoms with Crippen LogP contribution in [0.15, 0.2) is 85.1 Å². The lowest BCUT2D eigenvalue weighted by Crippen LogP contribution is -2.30. The molecule has 0 heterocycles. The van der Waals surface area contributed by atoms with Crippen LogP contribution < -0.4 is 0 Å². The van der Waals surface area contributed by atoms with Gasteiger partial charge in [0, 0.05) is 19.3 Å². The van der Waals surface area contributed by atoms with Crippen molar-refractivity contribution in [1.29, 1.82) is 0 Å². The molecule has 0 N–H and O–H groups in total. The first-order valence-electron chi connectivity index (χ1n) is 21.6. The van der Waals surface area contributed by atoms with Crippen molar-refractivity contribution in [2.24, 2.45) is 0 Å². The maximum Gasteiger partial charge on any atom is 0.306 e. The summed E-state index contributed by atoms with van der Waals surface area (Å²) < 4.78 is 16.6. The number of hydrogen-bond acceptors (Lipinski definition) is 6. The summed E-state index contributed by atoms with van der Waals surface area (Å²) in [5, 5.41) is 0. The molecule has 1 atom stereocenters. The second kappa shape index (κ2) is 42.3. The van der Waals surface area contributed by atoms with Crippen LogP contribution in [-0.4, -0.2) is 37.2 Å². The minimum atomic E-state index is -0.806. The van der Waals surface area contributed by atoms with E-state index in [1.165, 1.54) is 25.7 Å². The van der Waals surface area contributed by atoms with Crippen molar-refractivity contribution < 1.29 is 28.6 Å². The molecule has 0 amide bonds. The largest absolute Gasteiger partial charge is 0.462 e. The molecule has 0 aromatic rings. The zero-order valence-electron chi connectivity index (χ0n) is 34.7. The Morgan fingerprint density at radius 1 is 0.407 bits per heavy atom. The normalized spacial score (nSPS) is 12.9. The van der Waals surface area contributed by atoms with Crippen LogP contribution >= 0.6 is 0 Å². The minimum Gasteiger partial charge on any atom is -0.462 e. The van der Waals surface area contributed by atoms with Crippen molar-refractivity contribution >= 4 is 17.9 Å². The van der Waals surface area contributed by atoms with Crippen LogP contribution in [0.25, 0.3) is 0 Å². The third kappa shape index (κ3) is 39.8. The van der Waals surface area contributed by atoms with Gasteiger partial charge in [-0.25, -0.2) is 0 Å². The lowest BCUT2D eigenvalue weighted by molar-refractivity contribution is -0.167. The van der Waals surface area contributed by atoms with Crippen molar-refractivity contribution in [3.63, 3.8) is 0 Å². The van der Waals surface area contributed by atoms with E-state index in [-0.39, 0.29) is 37.5 Å². The van der Waals surface area contributed by atoms with E-state index in [1.807, 2.05) is 0 Å². The highest BCUT2D eigenvalue weighted by atomic mass is 16.6. The van der Waals surface area contributed by atoms with Crippen LogP contribution in [0.1, 0.15) is 181 Å². The van der Waals surface area contributed by atoms with E-state index < -0.39 is 6.10 Å². The van der Waals surface area contributed by atoms with Crippen molar-refractivity contribution in [3.8, 4) is 0 Å². The Labute approximate surface area is 331 Å². The first-order valence-corrected chi connectivity index (χ1v) is 21.6. The van der Waals surface area contributed by atoms with Gasteiger partial charge >= 0.3 is 17.9 Å². The second-order valence-corrected chi connectivity index (χ2v) is 13.9. The molecule has 0 aromatic carbocycles. The Bertz CT molecular complexity index is 1090. The lowest BCUT2D eigenvalue weighted by Gasteiger charge is -2.18. The zero-order valence-corrected chi connectivity index (χ0v) is 34.7. The molecule has 0 spiro atoms. The third-order valence-corrected chi connectivity index (χ3v) is 8.64. The number of hydrogen-bond donors (Lipinski definition) is 0. The van der Waals surface area contributed by atoms with Gasteiger partial charge in [-0.05, 0) is 96.3 Å². The molecule has 0 aromatic heterocycles. The van der Waals surface area contributed by atoms with E-state index in [1.54, 1.807) is 0 Å². The number of ether oxygens (including phenoxy) is 3. The molecule has 0 aliphatic carbocycles. The molecule has 1 unspecified atom stereocenters. The Morgan fingerprint density at radius 2 is 0.778 bits per heavy atom. The van der Waals surface area contributed by atoms with Gasteiger partial charge in [0.05, 0.1) is 0 Å². The molecule has 0 saturated heterocycles. The van der Waals surface area contributed by atoms with E-state index in [0.717, 1.165) is 116 Å². The van der Waals surface area contributed by atoms with E-state index in [2.05, 4.69) is 106 Å². The van der Waals surface area contributed by atoms with Crippen molar-refractivity contribution in [2.45, 2.75) is 187 Å². The minimum absolute atomic E-state index is 0.106. The molecule has 54 heavy (non-hydrogen) atoms. The smallest absolute Gasteiger partial charge is 0.306 e. The van der Waals surface area contributed by atoms with Crippen LogP contribution in [-0.2, 0) is 28.6 Å². The summed E-state index contributed by atoms with van der Waals surface area (Å²) in [4.78, 5) is 37.6. The van der Waals surface area contributed by atoms with Crippen LogP contribution in [0.4, 0.5) is 0 Å². The summed E-state index contributed by atoms with van der Waals surface area (Å²) in [5.41, 5.74) is 0. The van der Waals surface area contributed by atoms with Crippen LogP contribution in [0, 0.1) is 0 Å². The van der Waals surface area contributed by atoms with Gasteiger partial charge in [0.15, 0.2) is 6.10 Å². The SMILES string of the molecule is CC/C=C\C/C=C\C/C=C\CCCCCCCCC(=O)OCC(COC(=O)CCCC/C=C\C/C=C\CC)OC(=O)CCCCC/C=C\C=C/CCCC. The molecule has 0 saturated carbocycles. The Morgan fingerprint density at radius 3 is 1.30 bits per heavy atom. The quantitative estimate of drug-likeness (QED) is 0.0207. The third-order valence-electron chi connectivity index (χ3n) is 8.64. The van der Waals surface area contributed by atoms with E-state index in [0.29, 0.717) is 12.8 Å². The van der Waals surface area contributed by atoms with E-state index in [4.69, 9.17) is 14.2 Å². The number of unbranched alkanes of at least 4 members (excludes halogenated alkanes) is 13. The Balaban J connectivity index is 4.44. The molecule has 6 nitrogen and oxygen atoms in total. The van der Waals surface area contributed by atoms with Gasteiger partial charge in [0.25, 0.3) is 0 Å². The van der Waals surface area contributed by atoms with Crippen molar-refractivity contribution in [2.75, 3.05) is 13.2 Å². The fraction of sp³-hybridized carbons (Fsp3) is 0.646. The Kier molecular flexibility index (Phi) is 39.7. The predicted octanol–water partition coefficient (Wildman–Crippen LogP) is 13.7. The molecule has 6 heteroatoms. The predicted molar refractivity (Wildman–Crippen MR) is 228 cm³/mol. The fourth-order valence-corrected chi connectivity index (χ4v) is 5.41.